The van der Waals surface area contributed by atoms with E-state index >= 15 is 0 Å². The van der Waals surface area contributed by atoms with Gasteiger partial charge in [0.1, 0.15) is 11.6 Å². The van der Waals surface area contributed by atoms with Gasteiger partial charge in [0.25, 0.3) is 0 Å². The van der Waals surface area contributed by atoms with Crippen molar-refractivity contribution >= 4 is 11.5 Å². The molecule has 31 heavy (non-hydrogen) atoms. The number of nitrogens with one attached hydrogen (secondary N) is 1. The number of nitrogens with two attached hydrogens (primary N) is 1. The molecule has 1 spiro atoms. The zero-order chi connectivity index (χ0) is 21.2. The fraction of sp³-hybridized carbons (Fsp3) is 0.391. The zero-order valence-corrected chi connectivity index (χ0v) is 17.7. The van der Waals surface area contributed by atoms with E-state index in [1.165, 1.54) is 24.0 Å². The summed E-state index contributed by atoms with van der Waals surface area (Å²) in [5.41, 5.74) is 12.4. The van der Waals surface area contributed by atoms with Gasteiger partial charge in [-0.15, -0.1) is 0 Å². The van der Waals surface area contributed by atoms with Gasteiger partial charge in [0, 0.05) is 49.3 Å². The average Bonchev–Trinajstić information content (AvgIpc) is 3.35. The summed E-state index contributed by atoms with van der Waals surface area (Å²) in [4.78, 5) is 20.4. The van der Waals surface area contributed by atoms with Crippen LogP contribution in [0.4, 0.5) is 11.5 Å². The molecule has 0 radical (unpaired) electrons. The van der Waals surface area contributed by atoms with Crippen LogP contribution in [-0.4, -0.2) is 46.1 Å². The molecule has 1 aliphatic heterocycles. The van der Waals surface area contributed by atoms with E-state index in [4.69, 9.17) is 20.4 Å². The number of aromatic nitrogens is 4. The number of anilines is 2. The van der Waals surface area contributed by atoms with E-state index in [1.54, 1.807) is 12.4 Å². The van der Waals surface area contributed by atoms with Crippen LogP contribution in [0.1, 0.15) is 29.9 Å². The fourth-order valence-corrected chi connectivity index (χ4v) is 4.95. The van der Waals surface area contributed by atoms with Gasteiger partial charge in [0.2, 0.25) is 0 Å². The van der Waals surface area contributed by atoms with Crippen LogP contribution >= 0.6 is 0 Å². The normalized spacial score (nSPS) is 20.0. The Kier molecular flexibility index (Phi) is 3.95. The van der Waals surface area contributed by atoms with E-state index in [1.807, 2.05) is 14.0 Å². The van der Waals surface area contributed by atoms with Crippen molar-refractivity contribution in [3.63, 3.8) is 0 Å². The predicted molar refractivity (Wildman–Crippen MR) is 119 cm³/mol. The van der Waals surface area contributed by atoms with Gasteiger partial charge in [-0.2, -0.15) is 9.97 Å². The van der Waals surface area contributed by atoms with Crippen LogP contribution in [0.2, 0.25) is 0 Å². The number of ether oxygens (including phenoxy) is 1. The molecule has 1 atom stereocenters. The molecule has 3 aliphatic rings. The van der Waals surface area contributed by atoms with E-state index in [0.29, 0.717) is 17.6 Å². The van der Waals surface area contributed by atoms with E-state index in [9.17, 15) is 0 Å². The lowest BCUT2D eigenvalue weighted by molar-refractivity contribution is 0.435. The Bertz CT molecular complexity index is 1170. The first kappa shape index (κ1) is 18.5. The molecule has 8 nitrogen and oxygen atoms in total. The minimum Gasteiger partial charge on any atom is -0.421 e. The maximum Gasteiger partial charge on any atom is 0.324 e. The Morgan fingerprint density at radius 2 is 2.00 bits per heavy atom. The number of fused-ring (bicyclic) bond motifs is 3. The van der Waals surface area contributed by atoms with Crippen molar-refractivity contribution in [2.75, 3.05) is 30.4 Å². The third kappa shape index (κ3) is 2.93. The third-order valence-electron chi connectivity index (χ3n) is 6.87. The van der Waals surface area contributed by atoms with Gasteiger partial charge in [-0.3, -0.25) is 0 Å². The van der Waals surface area contributed by atoms with Crippen molar-refractivity contribution < 1.29 is 4.74 Å². The van der Waals surface area contributed by atoms with Crippen LogP contribution in [-0.2, 0) is 6.42 Å². The van der Waals surface area contributed by atoms with Crippen LogP contribution in [0.25, 0.3) is 11.1 Å². The molecule has 0 bridgehead atoms. The summed E-state index contributed by atoms with van der Waals surface area (Å²) < 4.78 is 5.99. The van der Waals surface area contributed by atoms with Crippen molar-refractivity contribution in [2.24, 2.45) is 11.1 Å². The highest BCUT2D eigenvalue weighted by Gasteiger charge is 2.54. The van der Waals surface area contributed by atoms with Gasteiger partial charge < -0.3 is 20.7 Å². The van der Waals surface area contributed by atoms with Crippen molar-refractivity contribution in [1.29, 1.82) is 0 Å². The predicted octanol–water partition coefficient (Wildman–Crippen LogP) is 2.91. The molecule has 0 amide bonds. The lowest BCUT2D eigenvalue weighted by Gasteiger charge is -2.21. The van der Waals surface area contributed by atoms with E-state index < -0.39 is 0 Å². The van der Waals surface area contributed by atoms with Crippen LogP contribution < -0.4 is 20.7 Å². The van der Waals surface area contributed by atoms with Crippen LogP contribution in [0.3, 0.4) is 0 Å². The van der Waals surface area contributed by atoms with Gasteiger partial charge in [0.15, 0.2) is 5.75 Å². The number of benzene rings is 1. The number of hydrogen-bond donors (Lipinski definition) is 2. The maximum absolute atomic E-state index is 6.52. The van der Waals surface area contributed by atoms with Crippen molar-refractivity contribution in [3.8, 4) is 22.9 Å². The highest BCUT2D eigenvalue weighted by atomic mass is 16.5. The SMILES string of the molecule is CNc1cccc2c1Cc1nc(Oc3cnc(C)nc3)nc(N3C[C@H](N)C4(CC4)C3)c1-2. The number of aryl methyl sites for hydroxylation is 1. The van der Waals surface area contributed by atoms with Gasteiger partial charge in [-0.05, 0) is 37.0 Å². The number of hydrogen-bond acceptors (Lipinski definition) is 8. The van der Waals surface area contributed by atoms with Gasteiger partial charge in [-0.25, -0.2) is 9.97 Å². The first-order chi connectivity index (χ1) is 15.1. The van der Waals surface area contributed by atoms with Crippen molar-refractivity contribution in [3.05, 3.63) is 47.7 Å². The molecular weight excluding hydrogens is 390 g/mol. The summed E-state index contributed by atoms with van der Waals surface area (Å²) in [5, 5.41) is 3.31. The molecule has 6 rings (SSSR count). The van der Waals surface area contributed by atoms with Gasteiger partial charge >= 0.3 is 6.01 Å². The van der Waals surface area contributed by atoms with Gasteiger partial charge in [0.05, 0.1) is 18.1 Å². The lowest BCUT2D eigenvalue weighted by atomic mass is 10.0. The summed E-state index contributed by atoms with van der Waals surface area (Å²) in [6.45, 7) is 3.58. The first-order valence-electron chi connectivity index (χ1n) is 10.7. The Balaban J connectivity index is 1.46. The number of rotatable bonds is 4. The summed E-state index contributed by atoms with van der Waals surface area (Å²) in [5.74, 6) is 2.14. The molecule has 3 aromatic rings. The summed E-state index contributed by atoms with van der Waals surface area (Å²) in [7, 11) is 1.95. The maximum atomic E-state index is 6.52. The summed E-state index contributed by atoms with van der Waals surface area (Å²) in [6.07, 6.45) is 6.43. The molecule has 1 saturated carbocycles. The molecule has 2 fully saturated rings. The summed E-state index contributed by atoms with van der Waals surface area (Å²) in [6, 6.07) is 6.84. The van der Waals surface area contributed by atoms with Crippen LogP contribution in [0, 0.1) is 12.3 Å². The molecule has 1 aromatic carbocycles. The van der Waals surface area contributed by atoms with E-state index in [0.717, 1.165) is 42.3 Å². The quantitative estimate of drug-likeness (QED) is 0.525. The monoisotopic (exact) mass is 415 g/mol. The Hall–Kier alpha value is -3.26. The second-order valence-corrected chi connectivity index (χ2v) is 8.83. The molecule has 3 N–H and O–H groups in total. The molecule has 1 saturated heterocycles. The Morgan fingerprint density at radius 1 is 1.19 bits per heavy atom. The zero-order valence-electron chi connectivity index (χ0n) is 17.7. The van der Waals surface area contributed by atoms with Crippen LogP contribution in [0.15, 0.2) is 30.6 Å². The Morgan fingerprint density at radius 3 is 2.71 bits per heavy atom. The molecule has 0 unspecified atom stereocenters. The minimum absolute atomic E-state index is 0.178. The molecule has 8 heteroatoms. The lowest BCUT2D eigenvalue weighted by Crippen LogP contribution is -2.30. The van der Waals surface area contributed by atoms with Crippen LogP contribution in [0.5, 0.6) is 11.8 Å². The second kappa shape index (κ2) is 6.62. The first-order valence-corrected chi connectivity index (χ1v) is 10.7. The topological polar surface area (TPSA) is 102 Å². The number of nitrogens with zero attached hydrogens (tertiary/aromatic N) is 5. The molecule has 158 valence electrons. The van der Waals surface area contributed by atoms with E-state index in [2.05, 4.69) is 38.4 Å². The molecule has 3 heterocycles. The smallest absolute Gasteiger partial charge is 0.324 e. The largest absolute Gasteiger partial charge is 0.421 e. The summed E-state index contributed by atoms with van der Waals surface area (Å²) >= 11 is 0. The third-order valence-corrected chi connectivity index (χ3v) is 6.87. The molecule has 2 aromatic heterocycles. The standard InChI is InChI=1S/C23H25N7O/c1-13-26-9-14(10-27-13)31-22-28-18-8-16-15(4-3-5-17(16)25-2)20(18)21(29-22)30-11-19(24)23(12-30)6-7-23/h3-5,9-10,19,25H,6-8,11-12,24H2,1-2H3/t19-/m0/s1. The van der Waals surface area contributed by atoms with Crippen molar-refractivity contribution in [2.45, 2.75) is 32.2 Å². The van der Waals surface area contributed by atoms with Gasteiger partial charge in [-0.1, -0.05) is 12.1 Å². The highest BCUT2D eigenvalue weighted by Crippen LogP contribution is 2.54. The van der Waals surface area contributed by atoms with Crippen molar-refractivity contribution in [1.82, 2.24) is 19.9 Å². The molecular formula is C23H25N7O. The fourth-order valence-electron chi connectivity index (χ4n) is 4.95. The molecule has 2 aliphatic carbocycles. The highest BCUT2D eigenvalue weighted by molar-refractivity contribution is 5.88. The van der Waals surface area contributed by atoms with E-state index in [-0.39, 0.29) is 11.5 Å². The minimum atomic E-state index is 0.178. The Labute approximate surface area is 180 Å². The second-order valence-electron chi connectivity index (χ2n) is 8.83. The average molecular weight is 416 g/mol.